The molecule has 1 aliphatic rings. The predicted molar refractivity (Wildman–Crippen MR) is 88.0 cm³/mol. The number of carboxylic acids is 1. The summed E-state index contributed by atoms with van der Waals surface area (Å²) in [4.78, 5) is 11.2. The first kappa shape index (κ1) is 15.4. The van der Waals surface area contributed by atoms with Crippen LogP contribution in [0.1, 0.15) is 43.4 Å². The van der Waals surface area contributed by atoms with Gasteiger partial charge in [-0.25, -0.2) is 0 Å². The lowest BCUT2D eigenvalue weighted by Gasteiger charge is -2.35. The van der Waals surface area contributed by atoms with Gasteiger partial charge in [-0.05, 0) is 51.0 Å². The lowest BCUT2D eigenvalue weighted by atomic mass is 9.84. The maximum absolute atomic E-state index is 11.2. The van der Waals surface area contributed by atoms with Crippen LogP contribution >= 0.6 is 0 Å². The van der Waals surface area contributed by atoms with Crippen LogP contribution in [-0.4, -0.2) is 16.2 Å². The minimum Gasteiger partial charge on any atom is -0.507 e. The Morgan fingerprint density at radius 1 is 1.22 bits per heavy atom. The van der Waals surface area contributed by atoms with Gasteiger partial charge in [-0.3, -0.25) is 4.79 Å². The Labute approximate surface area is 135 Å². The predicted octanol–water partition coefficient (Wildman–Crippen LogP) is 4.18. The number of aryl methyl sites for hydroxylation is 1. The molecule has 0 saturated carbocycles. The molecule has 0 spiro atoms. The lowest BCUT2D eigenvalue weighted by Crippen LogP contribution is -2.29. The number of carbonyl (C=O) groups is 1. The van der Waals surface area contributed by atoms with Crippen molar-refractivity contribution in [2.24, 2.45) is 0 Å². The summed E-state index contributed by atoms with van der Waals surface area (Å²) in [6.45, 7) is 7.53. The van der Waals surface area contributed by atoms with Gasteiger partial charge in [-0.1, -0.05) is 23.8 Å². The van der Waals surface area contributed by atoms with E-state index in [9.17, 15) is 15.0 Å². The molecule has 3 rings (SSSR count). The molecule has 0 fully saturated rings. The summed E-state index contributed by atoms with van der Waals surface area (Å²) in [6, 6.07) is 9.30. The zero-order chi connectivity index (χ0) is 16.9. The van der Waals surface area contributed by atoms with E-state index in [2.05, 4.69) is 0 Å². The number of phenols is 1. The first-order chi connectivity index (χ1) is 10.7. The molecule has 0 bridgehead atoms. The molecular formula is C19H20O4. The summed E-state index contributed by atoms with van der Waals surface area (Å²) in [5.41, 5.74) is 3.64. The number of hydrogen-bond donors (Lipinski definition) is 2. The highest BCUT2D eigenvalue weighted by atomic mass is 16.5. The van der Waals surface area contributed by atoms with Crippen molar-refractivity contribution in [3.8, 4) is 22.6 Å². The molecule has 0 aromatic heterocycles. The van der Waals surface area contributed by atoms with Crippen molar-refractivity contribution in [3.05, 3.63) is 47.0 Å². The zero-order valence-corrected chi connectivity index (χ0v) is 13.7. The van der Waals surface area contributed by atoms with Gasteiger partial charge in [0.2, 0.25) is 0 Å². The average molecular weight is 312 g/mol. The number of benzene rings is 2. The second-order valence-corrected chi connectivity index (χ2v) is 6.63. The first-order valence-corrected chi connectivity index (χ1v) is 7.61. The molecule has 23 heavy (non-hydrogen) atoms. The molecule has 2 aromatic rings. The molecule has 1 atom stereocenters. The van der Waals surface area contributed by atoms with Gasteiger partial charge in [0.05, 0.1) is 11.5 Å². The van der Waals surface area contributed by atoms with E-state index < -0.39 is 17.5 Å². The van der Waals surface area contributed by atoms with Crippen molar-refractivity contribution in [2.75, 3.05) is 0 Å². The highest BCUT2D eigenvalue weighted by Gasteiger charge is 2.34. The fourth-order valence-corrected chi connectivity index (χ4v) is 3.09. The van der Waals surface area contributed by atoms with Crippen LogP contribution in [0.25, 0.3) is 11.1 Å². The monoisotopic (exact) mass is 312 g/mol. The highest BCUT2D eigenvalue weighted by molar-refractivity contribution is 5.84. The van der Waals surface area contributed by atoms with E-state index in [0.29, 0.717) is 16.9 Å². The van der Waals surface area contributed by atoms with Gasteiger partial charge in [0.15, 0.2) is 0 Å². The second kappa shape index (κ2) is 5.01. The van der Waals surface area contributed by atoms with E-state index in [1.165, 1.54) is 6.07 Å². The van der Waals surface area contributed by atoms with E-state index in [1.54, 1.807) is 13.0 Å². The maximum atomic E-state index is 11.2. The quantitative estimate of drug-likeness (QED) is 0.873. The number of carboxylic acid groups (broad SMARTS) is 1. The van der Waals surface area contributed by atoms with Gasteiger partial charge >= 0.3 is 5.97 Å². The molecule has 4 heteroatoms. The van der Waals surface area contributed by atoms with E-state index in [1.807, 2.05) is 39.0 Å². The maximum Gasteiger partial charge on any atom is 0.310 e. The summed E-state index contributed by atoms with van der Waals surface area (Å²) < 4.78 is 6.08. The largest absolute Gasteiger partial charge is 0.507 e. The van der Waals surface area contributed by atoms with Crippen LogP contribution in [-0.2, 0) is 10.4 Å². The first-order valence-electron chi connectivity index (χ1n) is 7.61. The molecular weight excluding hydrogens is 292 g/mol. The zero-order valence-electron chi connectivity index (χ0n) is 13.7. The van der Waals surface area contributed by atoms with E-state index in [-0.39, 0.29) is 5.75 Å². The molecule has 0 radical (unpaired) electrons. The van der Waals surface area contributed by atoms with Gasteiger partial charge in [0.1, 0.15) is 17.1 Å². The van der Waals surface area contributed by atoms with Crippen molar-refractivity contribution in [2.45, 2.75) is 39.2 Å². The summed E-state index contributed by atoms with van der Waals surface area (Å²) in [5, 5.41) is 19.7. The minimum atomic E-state index is -0.935. The van der Waals surface area contributed by atoms with Crippen molar-refractivity contribution in [1.29, 1.82) is 0 Å². The standard InChI is InChI=1S/C19H20O4/c1-10-5-6-14-13(7-10)17-15(20)8-12(11(2)18(21)22)9-16(17)23-19(14,3)4/h5-9,11,20H,1-4H3,(H,21,22). The van der Waals surface area contributed by atoms with E-state index in [4.69, 9.17) is 4.74 Å². The molecule has 0 saturated heterocycles. The fraction of sp³-hybridized carbons (Fsp3) is 0.316. The molecule has 4 nitrogen and oxygen atoms in total. The topological polar surface area (TPSA) is 66.8 Å². The summed E-state index contributed by atoms with van der Waals surface area (Å²) >= 11 is 0. The molecule has 1 aliphatic heterocycles. The molecule has 0 aliphatic carbocycles. The third-order valence-electron chi connectivity index (χ3n) is 4.43. The Kier molecular flexibility index (Phi) is 3.36. The van der Waals surface area contributed by atoms with E-state index in [0.717, 1.165) is 16.7 Å². The third kappa shape index (κ3) is 2.44. The Balaban J connectivity index is 2.26. The van der Waals surface area contributed by atoms with Crippen LogP contribution in [0.5, 0.6) is 11.5 Å². The van der Waals surface area contributed by atoms with Crippen molar-refractivity contribution < 1.29 is 19.7 Å². The number of hydrogen-bond acceptors (Lipinski definition) is 3. The molecule has 120 valence electrons. The Morgan fingerprint density at radius 2 is 1.91 bits per heavy atom. The smallest absolute Gasteiger partial charge is 0.310 e. The number of aliphatic carboxylic acids is 1. The summed E-state index contributed by atoms with van der Waals surface area (Å²) in [7, 11) is 0. The molecule has 1 heterocycles. The molecule has 0 amide bonds. The van der Waals surface area contributed by atoms with E-state index >= 15 is 0 Å². The Hall–Kier alpha value is -2.49. The van der Waals surface area contributed by atoms with Crippen LogP contribution in [0.3, 0.4) is 0 Å². The Bertz CT molecular complexity index is 805. The molecule has 2 aromatic carbocycles. The van der Waals surface area contributed by atoms with Crippen LogP contribution in [0.15, 0.2) is 30.3 Å². The Morgan fingerprint density at radius 3 is 2.57 bits per heavy atom. The normalized spacial score (nSPS) is 16.0. The van der Waals surface area contributed by atoms with Crippen LogP contribution in [0.4, 0.5) is 0 Å². The van der Waals surface area contributed by atoms with Crippen LogP contribution in [0.2, 0.25) is 0 Å². The lowest BCUT2D eigenvalue weighted by molar-refractivity contribution is -0.138. The minimum absolute atomic E-state index is 0.0490. The fourth-order valence-electron chi connectivity index (χ4n) is 3.09. The number of phenolic OH excluding ortho intramolecular Hbond substituents is 1. The van der Waals surface area contributed by atoms with Crippen LogP contribution in [0, 0.1) is 6.92 Å². The second-order valence-electron chi connectivity index (χ2n) is 6.63. The summed E-state index contributed by atoms with van der Waals surface area (Å²) in [5.74, 6) is -1.07. The van der Waals surface area contributed by atoms with Crippen LogP contribution < -0.4 is 4.74 Å². The van der Waals surface area contributed by atoms with Gasteiger partial charge in [-0.2, -0.15) is 0 Å². The van der Waals surface area contributed by atoms with Gasteiger partial charge in [-0.15, -0.1) is 0 Å². The van der Waals surface area contributed by atoms with Crippen molar-refractivity contribution in [3.63, 3.8) is 0 Å². The number of rotatable bonds is 2. The average Bonchev–Trinajstić information content (AvgIpc) is 2.44. The molecule has 1 unspecified atom stereocenters. The number of aromatic hydroxyl groups is 1. The number of fused-ring (bicyclic) bond motifs is 3. The molecule has 2 N–H and O–H groups in total. The summed E-state index contributed by atoms with van der Waals surface area (Å²) in [6.07, 6.45) is 0. The van der Waals surface area contributed by atoms with Crippen molar-refractivity contribution >= 4 is 5.97 Å². The van der Waals surface area contributed by atoms with Crippen molar-refractivity contribution in [1.82, 2.24) is 0 Å². The van der Waals surface area contributed by atoms with Gasteiger partial charge in [0.25, 0.3) is 0 Å². The number of ether oxygens (including phenoxy) is 1. The highest BCUT2D eigenvalue weighted by Crippen LogP contribution is 2.50. The van der Waals surface area contributed by atoms with Gasteiger partial charge in [0, 0.05) is 5.56 Å². The third-order valence-corrected chi connectivity index (χ3v) is 4.43. The van der Waals surface area contributed by atoms with Gasteiger partial charge < -0.3 is 14.9 Å². The SMILES string of the molecule is Cc1ccc2c(c1)-c1c(O)cc(C(C)C(=O)O)cc1OC2(C)C.